The number of hydrogen-bond donors (Lipinski definition) is 1. The van der Waals surface area contributed by atoms with E-state index in [1.165, 1.54) is 6.07 Å². The van der Waals surface area contributed by atoms with Crippen molar-refractivity contribution in [2.45, 2.75) is 39.0 Å². The number of carbonyl (C=O) groups is 1. The Morgan fingerprint density at radius 2 is 2.00 bits per heavy atom. The number of carbonyl (C=O) groups excluding carboxylic acids is 1. The summed E-state index contributed by atoms with van der Waals surface area (Å²) in [5.41, 5.74) is 0.846. The van der Waals surface area contributed by atoms with Gasteiger partial charge < -0.3 is 29.3 Å². The third-order valence-corrected chi connectivity index (χ3v) is 5.28. The molecule has 1 unspecified atom stereocenters. The van der Waals surface area contributed by atoms with Crippen molar-refractivity contribution in [3.05, 3.63) is 23.8 Å². The number of hydrogen-bond acceptors (Lipinski definition) is 5. The fraction of sp³-hybridized carbons (Fsp3) is 0.619. The quantitative estimate of drug-likeness (QED) is 0.517. The molecule has 172 valence electrons. The number of halogens is 2. The summed E-state index contributed by atoms with van der Waals surface area (Å²) in [7, 11) is 1.71. The van der Waals surface area contributed by atoms with Crippen molar-refractivity contribution in [1.82, 2.24) is 15.1 Å². The molecule has 0 bridgehead atoms. The lowest BCUT2D eigenvalue weighted by molar-refractivity contribution is -0.142. The van der Waals surface area contributed by atoms with Crippen LogP contribution in [0.15, 0.2) is 23.2 Å². The number of rotatable bonds is 7. The van der Waals surface area contributed by atoms with E-state index in [9.17, 15) is 13.6 Å². The number of guanidine groups is 1. The van der Waals surface area contributed by atoms with E-state index in [2.05, 4.69) is 19.9 Å². The van der Waals surface area contributed by atoms with E-state index in [1.54, 1.807) is 26.1 Å². The molecule has 2 heterocycles. The number of nitrogens with one attached hydrogen (secondary N) is 1. The zero-order valence-electron chi connectivity index (χ0n) is 18.0. The van der Waals surface area contributed by atoms with Crippen LogP contribution in [0.4, 0.5) is 8.78 Å². The molecule has 2 aliphatic heterocycles. The van der Waals surface area contributed by atoms with Gasteiger partial charge in [0, 0.05) is 46.4 Å². The van der Waals surface area contributed by atoms with Crippen molar-refractivity contribution in [1.29, 1.82) is 0 Å². The lowest BCUT2D eigenvalue weighted by atomic mass is 10.2. The van der Waals surface area contributed by atoms with E-state index in [-0.39, 0.29) is 23.5 Å². The van der Waals surface area contributed by atoms with Gasteiger partial charge in [0.05, 0.1) is 6.61 Å². The van der Waals surface area contributed by atoms with Gasteiger partial charge in [-0.15, -0.1) is 0 Å². The molecular weight excluding hydrogens is 410 g/mol. The number of piperazine rings is 1. The second kappa shape index (κ2) is 11.1. The summed E-state index contributed by atoms with van der Waals surface area (Å²) in [5.74, 6) is 1.08. The minimum absolute atomic E-state index is 0.0111. The van der Waals surface area contributed by atoms with Gasteiger partial charge in [0.15, 0.2) is 17.5 Å². The van der Waals surface area contributed by atoms with Crippen LogP contribution in [0.25, 0.3) is 0 Å². The first-order valence-corrected chi connectivity index (χ1v) is 10.6. The van der Waals surface area contributed by atoms with Gasteiger partial charge >= 0.3 is 6.61 Å². The Labute approximate surface area is 181 Å². The highest BCUT2D eigenvalue weighted by Gasteiger charge is 2.30. The minimum atomic E-state index is -2.91. The molecule has 1 N–H and O–H groups in total. The number of alkyl halides is 2. The Kier molecular flexibility index (Phi) is 8.27. The number of ether oxygens (including phenoxy) is 3. The molecule has 2 saturated heterocycles. The first-order valence-electron chi connectivity index (χ1n) is 10.6. The van der Waals surface area contributed by atoms with Gasteiger partial charge in [0.2, 0.25) is 0 Å². The molecule has 2 fully saturated rings. The van der Waals surface area contributed by atoms with E-state index >= 15 is 0 Å². The first kappa shape index (κ1) is 23.1. The van der Waals surface area contributed by atoms with Crippen LogP contribution >= 0.6 is 0 Å². The van der Waals surface area contributed by atoms with Crippen molar-refractivity contribution in [2.24, 2.45) is 4.99 Å². The van der Waals surface area contributed by atoms with Crippen LogP contribution in [-0.4, -0.2) is 80.8 Å². The Morgan fingerprint density at radius 1 is 1.26 bits per heavy atom. The van der Waals surface area contributed by atoms with Crippen molar-refractivity contribution < 1.29 is 27.8 Å². The van der Waals surface area contributed by atoms with E-state index < -0.39 is 6.61 Å². The van der Waals surface area contributed by atoms with Gasteiger partial charge in [-0.2, -0.15) is 8.78 Å². The Balaban J connectivity index is 1.53. The maximum atomic E-state index is 12.6. The van der Waals surface area contributed by atoms with Gasteiger partial charge in [-0.25, -0.2) is 0 Å². The fourth-order valence-corrected chi connectivity index (χ4v) is 3.75. The largest absolute Gasteiger partial charge is 0.490 e. The second-order valence-electron chi connectivity index (χ2n) is 7.31. The van der Waals surface area contributed by atoms with E-state index in [4.69, 9.17) is 9.47 Å². The fourth-order valence-electron chi connectivity index (χ4n) is 3.75. The molecule has 0 aliphatic carbocycles. The second-order valence-corrected chi connectivity index (χ2v) is 7.31. The highest BCUT2D eigenvalue weighted by Crippen LogP contribution is 2.30. The molecular formula is C21H30F2N4O4. The Hall–Kier alpha value is -2.62. The topological polar surface area (TPSA) is 75.6 Å². The van der Waals surface area contributed by atoms with Gasteiger partial charge in [0.25, 0.3) is 5.91 Å². The summed E-state index contributed by atoms with van der Waals surface area (Å²) in [4.78, 5) is 20.8. The van der Waals surface area contributed by atoms with E-state index in [0.717, 1.165) is 24.4 Å². The molecule has 2 aliphatic rings. The average Bonchev–Trinajstić information content (AvgIpc) is 3.30. The zero-order chi connectivity index (χ0) is 22.2. The molecule has 3 rings (SSSR count). The van der Waals surface area contributed by atoms with Crippen LogP contribution in [-0.2, 0) is 16.1 Å². The normalized spacial score (nSPS) is 19.6. The highest BCUT2D eigenvalue weighted by molar-refractivity contribution is 5.82. The van der Waals surface area contributed by atoms with E-state index in [0.29, 0.717) is 45.9 Å². The first-order chi connectivity index (χ1) is 15.0. The predicted molar refractivity (Wildman–Crippen MR) is 112 cm³/mol. The third-order valence-electron chi connectivity index (χ3n) is 5.28. The number of aliphatic imine (C=N–C) groups is 1. The van der Waals surface area contributed by atoms with Crippen molar-refractivity contribution >= 4 is 11.9 Å². The summed E-state index contributed by atoms with van der Waals surface area (Å²) >= 11 is 0. The minimum Gasteiger partial charge on any atom is -0.490 e. The summed E-state index contributed by atoms with van der Waals surface area (Å²) in [6.45, 7) is 2.89. The molecule has 1 aromatic rings. The van der Waals surface area contributed by atoms with Crippen molar-refractivity contribution in [3.8, 4) is 11.5 Å². The number of benzene rings is 1. The maximum absolute atomic E-state index is 12.6. The SMILES string of the molecule is CCOc1cc(CNC(=NC)N2CCN(C(=O)C3CCCO3)CC2)ccc1OC(F)F. The molecule has 1 atom stereocenters. The van der Waals surface area contributed by atoms with Crippen LogP contribution in [0.2, 0.25) is 0 Å². The number of amides is 1. The predicted octanol–water partition coefficient (Wildman–Crippen LogP) is 2.09. The van der Waals surface area contributed by atoms with Crippen LogP contribution in [0.1, 0.15) is 25.3 Å². The molecule has 0 saturated carbocycles. The summed E-state index contributed by atoms with van der Waals surface area (Å²) in [6, 6.07) is 4.87. The van der Waals surface area contributed by atoms with Crippen LogP contribution in [0.3, 0.4) is 0 Å². The molecule has 0 aromatic heterocycles. The number of nitrogens with zero attached hydrogens (tertiary/aromatic N) is 3. The van der Waals surface area contributed by atoms with Crippen LogP contribution < -0.4 is 14.8 Å². The van der Waals surface area contributed by atoms with Crippen LogP contribution in [0.5, 0.6) is 11.5 Å². The summed E-state index contributed by atoms with van der Waals surface area (Å²) in [6.07, 6.45) is 1.45. The zero-order valence-corrected chi connectivity index (χ0v) is 18.0. The van der Waals surface area contributed by atoms with Gasteiger partial charge in [0.1, 0.15) is 6.10 Å². The molecule has 0 radical (unpaired) electrons. The standard InChI is InChI=1S/C21H30F2N4O4/c1-3-29-18-13-15(6-7-16(18)31-20(22)23)14-25-21(24-2)27-10-8-26(9-11-27)19(28)17-5-4-12-30-17/h6-7,13,17,20H,3-5,8-12,14H2,1-2H3,(H,24,25). The Bertz CT molecular complexity index is 764. The van der Waals surface area contributed by atoms with Crippen molar-refractivity contribution in [2.75, 3.05) is 46.4 Å². The lowest BCUT2D eigenvalue weighted by Gasteiger charge is -2.37. The summed E-state index contributed by atoms with van der Waals surface area (Å²) < 4.78 is 40.6. The highest BCUT2D eigenvalue weighted by atomic mass is 19.3. The molecule has 1 aromatic carbocycles. The van der Waals surface area contributed by atoms with E-state index in [1.807, 2.05) is 4.90 Å². The van der Waals surface area contributed by atoms with Crippen LogP contribution in [0, 0.1) is 0 Å². The lowest BCUT2D eigenvalue weighted by Crippen LogP contribution is -2.55. The van der Waals surface area contributed by atoms with Gasteiger partial charge in [-0.05, 0) is 37.5 Å². The van der Waals surface area contributed by atoms with Crippen molar-refractivity contribution in [3.63, 3.8) is 0 Å². The molecule has 10 heteroatoms. The molecule has 0 spiro atoms. The molecule has 8 nitrogen and oxygen atoms in total. The summed E-state index contributed by atoms with van der Waals surface area (Å²) in [5, 5.41) is 3.29. The molecule has 1 amide bonds. The monoisotopic (exact) mass is 440 g/mol. The average molecular weight is 440 g/mol. The van der Waals surface area contributed by atoms with Gasteiger partial charge in [-0.3, -0.25) is 9.79 Å². The third kappa shape index (κ3) is 6.19. The van der Waals surface area contributed by atoms with Gasteiger partial charge in [-0.1, -0.05) is 6.07 Å². The Morgan fingerprint density at radius 3 is 2.61 bits per heavy atom. The molecule has 31 heavy (non-hydrogen) atoms. The maximum Gasteiger partial charge on any atom is 0.387 e. The smallest absolute Gasteiger partial charge is 0.387 e.